The van der Waals surface area contributed by atoms with Gasteiger partial charge < -0.3 is 20.7 Å². The van der Waals surface area contributed by atoms with Crippen molar-refractivity contribution in [2.75, 3.05) is 6.54 Å². The molecule has 1 aromatic heterocycles. The van der Waals surface area contributed by atoms with Crippen molar-refractivity contribution in [3.63, 3.8) is 0 Å². The van der Waals surface area contributed by atoms with Gasteiger partial charge in [0.05, 0.1) is 27.9 Å². The van der Waals surface area contributed by atoms with Crippen LogP contribution in [0.4, 0.5) is 13.2 Å². The van der Waals surface area contributed by atoms with Crippen LogP contribution in [0.2, 0.25) is 0 Å². The Morgan fingerprint density at radius 2 is 2.06 bits per heavy atom. The smallest absolute Gasteiger partial charge is 0.401 e. The van der Waals surface area contributed by atoms with Gasteiger partial charge in [0, 0.05) is 30.8 Å². The number of aliphatic hydroxyl groups is 1. The van der Waals surface area contributed by atoms with Gasteiger partial charge in [-0.15, -0.1) is 11.3 Å². The van der Waals surface area contributed by atoms with Crippen molar-refractivity contribution in [1.82, 2.24) is 14.9 Å². The highest BCUT2D eigenvalue weighted by Gasteiger charge is 2.42. The van der Waals surface area contributed by atoms with Gasteiger partial charge in [-0.05, 0) is 37.0 Å². The average Bonchev–Trinajstić information content (AvgIpc) is 3.36. The van der Waals surface area contributed by atoms with Crippen LogP contribution in [0, 0.1) is 11.8 Å². The van der Waals surface area contributed by atoms with E-state index in [1.807, 2.05) is 13.8 Å². The van der Waals surface area contributed by atoms with Gasteiger partial charge in [-0.25, -0.2) is 10.8 Å². The van der Waals surface area contributed by atoms with E-state index in [1.54, 1.807) is 11.1 Å². The van der Waals surface area contributed by atoms with Crippen LogP contribution in [-0.4, -0.2) is 44.6 Å². The minimum atomic E-state index is -4.46. The minimum Gasteiger partial charge on any atom is -0.401 e. The second-order valence-electron chi connectivity index (χ2n) is 9.17. The molecule has 2 heterocycles. The summed E-state index contributed by atoms with van der Waals surface area (Å²) in [4.78, 5) is 19.5. The number of hydrazine groups is 1. The maximum Gasteiger partial charge on any atom is 0.416 e. The maximum atomic E-state index is 13.6. The molecule has 180 valence electrons. The molecule has 0 radical (unpaired) electrons. The van der Waals surface area contributed by atoms with Gasteiger partial charge in [0.25, 0.3) is 0 Å². The number of carbonyl (C=O) groups excluding carboxylic acids is 1. The number of amides is 1. The van der Waals surface area contributed by atoms with Gasteiger partial charge >= 0.3 is 6.18 Å². The SMILES string of the molecule is CC(C)C(C(=O)N1CC(O)CC1c1nc2cc(C(F)(F)F)ccc2s1)N(N)/C=C(\N)C1CC1. The Labute approximate surface area is 193 Å². The molecule has 4 rings (SSSR count). The first-order chi connectivity index (χ1) is 15.5. The third-order valence-electron chi connectivity index (χ3n) is 6.13. The molecule has 2 fully saturated rings. The number of β-amino-alcohol motifs (C(OH)–C–C–N with tert-alkyl or cyclic N) is 1. The fourth-order valence-electron chi connectivity index (χ4n) is 4.26. The number of rotatable bonds is 6. The lowest BCUT2D eigenvalue weighted by Crippen LogP contribution is -2.52. The molecule has 11 heteroatoms. The summed E-state index contributed by atoms with van der Waals surface area (Å²) in [5, 5.41) is 12.2. The van der Waals surface area contributed by atoms with E-state index < -0.39 is 29.9 Å². The summed E-state index contributed by atoms with van der Waals surface area (Å²) in [6, 6.07) is 2.17. The Morgan fingerprint density at radius 1 is 1.36 bits per heavy atom. The number of thiazole rings is 1. The van der Waals surface area contributed by atoms with Crippen LogP contribution >= 0.6 is 11.3 Å². The van der Waals surface area contributed by atoms with Crippen LogP contribution in [0.25, 0.3) is 10.2 Å². The molecule has 5 N–H and O–H groups in total. The predicted octanol–water partition coefficient (Wildman–Crippen LogP) is 3.36. The van der Waals surface area contributed by atoms with Crippen LogP contribution in [-0.2, 0) is 11.0 Å². The fourth-order valence-corrected chi connectivity index (χ4v) is 5.33. The van der Waals surface area contributed by atoms with E-state index in [1.165, 1.54) is 22.4 Å². The number of allylic oxidation sites excluding steroid dienone is 1. The Bertz CT molecular complexity index is 1070. The van der Waals surface area contributed by atoms with Crippen molar-refractivity contribution in [3.05, 3.63) is 40.7 Å². The normalized spacial score (nSPS) is 22.9. The lowest BCUT2D eigenvalue weighted by molar-refractivity contribution is -0.139. The van der Waals surface area contributed by atoms with Crippen LogP contribution < -0.4 is 11.6 Å². The molecule has 2 aromatic rings. The topological polar surface area (TPSA) is 109 Å². The first kappa shape index (κ1) is 23.8. The Kier molecular flexibility index (Phi) is 6.32. The first-order valence-corrected chi connectivity index (χ1v) is 11.7. The zero-order chi connectivity index (χ0) is 24.1. The second-order valence-corrected chi connectivity index (χ2v) is 10.2. The first-order valence-electron chi connectivity index (χ1n) is 10.9. The quantitative estimate of drug-likeness (QED) is 0.430. The number of aromatic nitrogens is 1. The summed E-state index contributed by atoms with van der Waals surface area (Å²) in [6.45, 7) is 3.86. The van der Waals surface area contributed by atoms with E-state index in [0.717, 1.165) is 25.0 Å². The van der Waals surface area contributed by atoms with Crippen molar-refractivity contribution < 1.29 is 23.1 Å². The number of carbonyl (C=O) groups is 1. The van der Waals surface area contributed by atoms with E-state index in [-0.39, 0.29) is 30.3 Å². The zero-order valence-corrected chi connectivity index (χ0v) is 19.2. The Balaban J connectivity index is 1.62. The van der Waals surface area contributed by atoms with E-state index in [4.69, 9.17) is 11.6 Å². The number of halogens is 3. The number of fused-ring (bicyclic) bond motifs is 1. The maximum absolute atomic E-state index is 13.6. The van der Waals surface area contributed by atoms with Gasteiger partial charge in [-0.1, -0.05) is 13.8 Å². The van der Waals surface area contributed by atoms with Crippen LogP contribution in [0.3, 0.4) is 0 Å². The third kappa shape index (κ3) is 4.95. The molecular formula is C22H28F3N5O2S. The van der Waals surface area contributed by atoms with E-state index in [2.05, 4.69) is 4.98 Å². The summed E-state index contributed by atoms with van der Waals surface area (Å²) < 4.78 is 39.8. The molecule has 3 unspecified atom stereocenters. The molecule has 1 aliphatic carbocycles. The molecule has 1 saturated heterocycles. The van der Waals surface area contributed by atoms with Crippen molar-refractivity contribution >= 4 is 27.5 Å². The van der Waals surface area contributed by atoms with Gasteiger partial charge in [-0.2, -0.15) is 13.2 Å². The zero-order valence-electron chi connectivity index (χ0n) is 18.4. The van der Waals surface area contributed by atoms with Crippen molar-refractivity contribution in [2.24, 2.45) is 23.4 Å². The van der Waals surface area contributed by atoms with Crippen molar-refractivity contribution in [3.8, 4) is 0 Å². The van der Waals surface area contributed by atoms with Crippen LogP contribution in [0.1, 0.15) is 49.7 Å². The molecule has 0 bridgehead atoms. The molecule has 0 spiro atoms. The van der Waals surface area contributed by atoms with E-state index in [0.29, 0.717) is 21.3 Å². The Morgan fingerprint density at radius 3 is 2.67 bits per heavy atom. The predicted molar refractivity (Wildman–Crippen MR) is 119 cm³/mol. The number of alkyl halides is 3. The van der Waals surface area contributed by atoms with Crippen LogP contribution in [0.5, 0.6) is 0 Å². The lowest BCUT2D eigenvalue weighted by atomic mass is 10.0. The molecule has 33 heavy (non-hydrogen) atoms. The molecule has 1 amide bonds. The van der Waals surface area contributed by atoms with Crippen molar-refractivity contribution in [1.29, 1.82) is 0 Å². The molecule has 1 aromatic carbocycles. The second kappa shape index (κ2) is 8.77. The molecule has 2 aliphatic rings. The highest BCUT2D eigenvalue weighted by molar-refractivity contribution is 7.18. The molecular weight excluding hydrogens is 455 g/mol. The number of likely N-dealkylation sites (tertiary alicyclic amines) is 1. The number of nitrogens with zero attached hydrogens (tertiary/aromatic N) is 3. The van der Waals surface area contributed by atoms with Crippen molar-refractivity contribution in [2.45, 2.75) is 57.5 Å². The number of hydrogen-bond donors (Lipinski definition) is 3. The summed E-state index contributed by atoms with van der Waals surface area (Å²) in [6.07, 6.45) is -1.35. The number of hydrogen-bond acceptors (Lipinski definition) is 7. The highest BCUT2D eigenvalue weighted by atomic mass is 32.1. The van der Waals surface area contributed by atoms with Gasteiger partial charge in [0.15, 0.2) is 0 Å². The van der Waals surface area contributed by atoms with E-state index in [9.17, 15) is 23.1 Å². The lowest BCUT2D eigenvalue weighted by Gasteiger charge is -2.34. The molecule has 1 aliphatic heterocycles. The van der Waals surface area contributed by atoms with Gasteiger partial charge in [0.1, 0.15) is 11.0 Å². The average molecular weight is 484 g/mol. The Hall–Kier alpha value is -2.37. The van der Waals surface area contributed by atoms with Gasteiger partial charge in [-0.3, -0.25) is 4.79 Å². The van der Waals surface area contributed by atoms with Crippen LogP contribution in [0.15, 0.2) is 30.1 Å². The molecule has 3 atom stereocenters. The molecule has 1 saturated carbocycles. The minimum absolute atomic E-state index is 0.103. The molecule has 7 nitrogen and oxygen atoms in total. The standard InChI is InChI=1S/C22H28F3N5O2S/c1-11(2)19(30(27)10-15(26)12-3-4-12)21(32)29-9-14(31)8-17(29)20-28-16-7-13(22(23,24)25)5-6-18(16)33-20/h5-7,10-12,14,17,19,31H,3-4,8-9,26-27H2,1-2H3/b15-10-. The summed E-state index contributed by atoms with van der Waals surface area (Å²) in [5.41, 5.74) is 6.17. The number of benzene rings is 1. The summed E-state index contributed by atoms with van der Waals surface area (Å²) in [7, 11) is 0. The fraction of sp³-hybridized carbons (Fsp3) is 0.545. The summed E-state index contributed by atoms with van der Waals surface area (Å²) in [5.74, 6) is 6.12. The third-order valence-corrected chi connectivity index (χ3v) is 7.27. The summed E-state index contributed by atoms with van der Waals surface area (Å²) >= 11 is 1.23. The van der Waals surface area contributed by atoms with Gasteiger partial charge in [0.2, 0.25) is 5.91 Å². The monoisotopic (exact) mass is 483 g/mol. The number of aliphatic hydroxyl groups excluding tert-OH is 1. The largest absolute Gasteiger partial charge is 0.416 e. The highest BCUT2D eigenvalue weighted by Crippen LogP contribution is 2.39. The van der Waals surface area contributed by atoms with E-state index >= 15 is 0 Å². The number of nitrogens with two attached hydrogens (primary N) is 2.